The highest BCUT2D eigenvalue weighted by Gasteiger charge is 2.18. The maximum atomic E-state index is 15.1. The first-order valence-electron chi connectivity index (χ1n) is 12.5. The molecule has 4 aromatic rings. The lowest BCUT2D eigenvalue weighted by atomic mass is 9.96. The summed E-state index contributed by atoms with van der Waals surface area (Å²) in [4.78, 5) is 4.66. The molecule has 1 aromatic heterocycles. The topological polar surface area (TPSA) is 86.6 Å². The molecule has 39 heavy (non-hydrogen) atoms. The molecule has 3 aromatic carbocycles. The summed E-state index contributed by atoms with van der Waals surface area (Å²) in [5.74, 6) is 0.0759. The van der Waals surface area contributed by atoms with Gasteiger partial charge in [0, 0.05) is 59.6 Å². The average molecular weight is 570 g/mol. The third-order valence-corrected chi connectivity index (χ3v) is 7.06. The molecule has 0 fully saturated rings. The molecule has 204 valence electrons. The molecule has 0 unspecified atom stereocenters. The van der Waals surface area contributed by atoms with E-state index in [9.17, 15) is 0 Å². The Labute approximate surface area is 237 Å². The molecule has 4 N–H and O–H groups in total. The molecule has 4 rings (SSSR count). The molecule has 0 spiro atoms. The van der Waals surface area contributed by atoms with Crippen LogP contribution in [0.2, 0.25) is 10.0 Å². The monoisotopic (exact) mass is 569 g/mol. The van der Waals surface area contributed by atoms with Crippen molar-refractivity contribution in [3.63, 3.8) is 0 Å². The van der Waals surface area contributed by atoms with Crippen molar-refractivity contribution >= 4 is 23.2 Å². The molecular weight excluding hydrogens is 540 g/mol. The minimum Gasteiger partial charge on any atom is -0.481 e. The zero-order valence-electron chi connectivity index (χ0n) is 21.5. The average Bonchev–Trinajstić information content (AvgIpc) is 2.94. The number of hydrogen-bond donors (Lipinski definition) is 4. The molecule has 0 radical (unpaired) electrons. The third kappa shape index (κ3) is 6.76. The number of hydrogen-bond acceptors (Lipinski definition) is 6. The molecule has 0 aliphatic carbocycles. The fourth-order valence-electron chi connectivity index (χ4n) is 4.32. The lowest BCUT2D eigenvalue weighted by molar-refractivity contribution is 0.291. The molecule has 0 amide bonds. The second-order valence-corrected chi connectivity index (χ2v) is 9.57. The third-order valence-electron chi connectivity index (χ3n) is 6.24. The molecule has 1 heterocycles. The van der Waals surface area contributed by atoms with Crippen molar-refractivity contribution in [2.45, 2.75) is 13.1 Å². The van der Waals surface area contributed by atoms with E-state index in [0.717, 1.165) is 11.1 Å². The number of nitrogens with zero attached hydrogens (tertiary/aromatic N) is 1. The van der Waals surface area contributed by atoms with Gasteiger partial charge in [-0.1, -0.05) is 77.8 Å². The van der Waals surface area contributed by atoms with Crippen LogP contribution in [0.15, 0.2) is 66.7 Å². The van der Waals surface area contributed by atoms with Crippen molar-refractivity contribution < 1.29 is 19.3 Å². The maximum Gasteiger partial charge on any atom is 0.218 e. The summed E-state index contributed by atoms with van der Waals surface area (Å²) in [5, 5.41) is 25.0. The Morgan fingerprint density at radius 3 is 1.97 bits per heavy atom. The number of methoxy groups -OCH3 is 1. The van der Waals surface area contributed by atoms with Gasteiger partial charge in [-0.15, -0.1) is 0 Å². The number of benzene rings is 3. The van der Waals surface area contributed by atoms with Gasteiger partial charge in [-0.3, -0.25) is 0 Å². The SMILES string of the molecule is COc1nc(-c2cccc(-c3cccc(-c4ccc(CNCCO)cc4F)c3Cl)c2Cl)ccc1CNCCO. The number of aliphatic hydroxyl groups excluding tert-OH is 2. The summed E-state index contributed by atoms with van der Waals surface area (Å²) in [5.41, 5.74) is 5.27. The van der Waals surface area contributed by atoms with Crippen LogP contribution in [0.1, 0.15) is 11.1 Å². The van der Waals surface area contributed by atoms with Crippen molar-refractivity contribution in [3.8, 4) is 39.4 Å². The van der Waals surface area contributed by atoms with Crippen molar-refractivity contribution in [1.29, 1.82) is 0 Å². The minimum atomic E-state index is -0.387. The predicted molar refractivity (Wildman–Crippen MR) is 155 cm³/mol. The minimum absolute atomic E-state index is 0.0184. The van der Waals surface area contributed by atoms with Gasteiger partial charge >= 0.3 is 0 Å². The fourth-order valence-corrected chi connectivity index (χ4v) is 4.97. The van der Waals surface area contributed by atoms with Gasteiger partial charge < -0.3 is 25.6 Å². The molecule has 6 nitrogen and oxygen atoms in total. The van der Waals surface area contributed by atoms with Crippen LogP contribution in [-0.2, 0) is 13.1 Å². The Balaban J connectivity index is 1.68. The highest BCUT2D eigenvalue weighted by molar-refractivity contribution is 6.39. The van der Waals surface area contributed by atoms with Crippen LogP contribution in [0.3, 0.4) is 0 Å². The number of nitrogens with one attached hydrogen (secondary N) is 2. The first-order valence-corrected chi connectivity index (χ1v) is 13.3. The molecule has 0 saturated heterocycles. The van der Waals surface area contributed by atoms with Gasteiger partial charge in [-0.2, -0.15) is 0 Å². The number of aliphatic hydroxyl groups is 2. The van der Waals surface area contributed by atoms with Gasteiger partial charge in [0.1, 0.15) is 5.82 Å². The van der Waals surface area contributed by atoms with Gasteiger partial charge in [-0.25, -0.2) is 9.37 Å². The summed E-state index contributed by atoms with van der Waals surface area (Å²) >= 11 is 13.8. The Morgan fingerprint density at radius 2 is 1.36 bits per heavy atom. The zero-order chi connectivity index (χ0) is 27.8. The van der Waals surface area contributed by atoms with Crippen molar-refractivity contribution in [2.75, 3.05) is 33.4 Å². The maximum absolute atomic E-state index is 15.1. The van der Waals surface area contributed by atoms with Gasteiger partial charge in [0.15, 0.2) is 0 Å². The van der Waals surface area contributed by atoms with E-state index in [1.807, 2.05) is 48.5 Å². The molecule has 0 aliphatic heterocycles. The summed E-state index contributed by atoms with van der Waals surface area (Å²) in [6.45, 7) is 1.92. The lowest BCUT2D eigenvalue weighted by Gasteiger charge is -2.15. The van der Waals surface area contributed by atoms with Crippen LogP contribution in [0.25, 0.3) is 33.5 Å². The predicted octanol–water partition coefficient (Wildman–Crippen LogP) is 5.70. The van der Waals surface area contributed by atoms with E-state index in [1.54, 1.807) is 19.2 Å². The molecule has 0 aliphatic rings. The Morgan fingerprint density at radius 1 is 0.769 bits per heavy atom. The summed E-state index contributed by atoms with van der Waals surface area (Å²) < 4.78 is 20.6. The van der Waals surface area contributed by atoms with Gasteiger partial charge in [0.25, 0.3) is 0 Å². The number of pyridine rings is 1. The number of halogens is 3. The first kappa shape index (κ1) is 29.0. The van der Waals surface area contributed by atoms with Crippen LogP contribution in [0.4, 0.5) is 4.39 Å². The van der Waals surface area contributed by atoms with Crippen molar-refractivity contribution in [1.82, 2.24) is 15.6 Å². The van der Waals surface area contributed by atoms with E-state index in [1.165, 1.54) is 6.07 Å². The molecule has 0 atom stereocenters. The van der Waals surface area contributed by atoms with E-state index < -0.39 is 0 Å². The van der Waals surface area contributed by atoms with Crippen molar-refractivity contribution in [3.05, 3.63) is 93.7 Å². The highest BCUT2D eigenvalue weighted by atomic mass is 35.5. The highest BCUT2D eigenvalue weighted by Crippen LogP contribution is 2.42. The number of ether oxygens (including phenoxy) is 1. The molecular formula is C30H30Cl2FN3O3. The van der Waals surface area contributed by atoms with Gasteiger partial charge in [-0.05, 0) is 17.7 Å². The lowest BCUT2D eigenvalue weighted by Crippen LogP contribution is -2.18. The normalized spacial score (nSPS) is 11.1. The quantitative estimate of drug-likeness (QED) is 0.164. The van der Waals surface area contributed by atoms with Crippen LogP contribution in [0, 0.1) is 5.82 Å². The van der Waals surface area contributed by atoms with Crippen LogP contribution >= 0.6 is 23.2 Å². The smallest absolute Gasteiger partial charge is 0.218 e. The van der Waals surface area contributed by atoms with Crippen molar-refractivity contribution in [2.24, 2.45) is 0 Å². The second kappa shape index (κ2) is 13.8. The van der Waals surface area contributed by atoms with E-state index in [0.29, 0.717) is 75.6 Å². The summed E-state index contributed by atoms with van der Waals surface area (Å²) in [6.07, 6.45) is 0. The van der Waals surface area contributed by atoms with Crippen LogP contribution < -0.4 is 15.4 Å². The Kier molecular flexibility index (Phi) is 10.3. The molecule has 0 bridgehead atoms. The zero-order valence-corrected chi connectivity index (χ0v) is 23.0. The summed E-state index contributed by atoms with van der Waals surface area (Å²) in [7, 11) is 1.56. The Hall–Kier alpha value is -3.04. The van der Waals surface area contributed by atoms with Gasteiger partial charge in [0.05, 0.1) is 36.1 Å². The Bertz CT molecular complexity index is 1430. The van der Waals surface area contributed by atoms with E-state index in [4.69, 9.17) is 38.2 Å². The number of rotatable bonds is 12. The van der Waals surface area contributed by atoms with E-state index in [-0.39, 0.29) is 19.0 Å². The largest absolute Gasteiger partial charge is 0.481 e. The van der Waals surface area contributed by atoms with Crippen LogP contribution in [0.5, 0.6) is 5.88 Å². The fraction of sp³-hybridized carbons (Fsp3) is 0.233. The molecule has 9 heteroatoms. The number of aromatic nitrogens is 1. The molecule has 0 saturated carbocycles. The first-order chi connectivity index (χ1) is 19.0. The second-order valence-electron chi connectivity index (χ2n) is 8.81. The van der Waals surface area contributed by atoms with Crippen LogP contribution in [-0.4, -0.2) is 48.6 Å². The van der Waals surface area contributed by atoms with E-state index >= 15 is 4.39 Å². The summed E-state index contributed by atoms with van der Waals surface area (Å²) in [6, 6.07) is 19.9. The van der Waals surface area contributed by atoms with E-state index in [2.05, 4.69) is 15.6 Å². The van der Waals surface area contributed by atoms with Gasteiger partial charge in [0.2, 0.25) is 5.88 Å². The standard InChI is InChI=1S/C30H30Cl2FN3O3/c1-39-30-20(18-35-13-15-38)9-11-27(36-30)25-7-3-6-24(29(25)32)23-5-2-4-22(28(23)31)21-10-8-19(16-26(21)33)17-34-12-14-37/h2-11,16,34-35,37-38H,12-15,17-18H2,1H3.